The minimum atomic E-state index is -1.14. The first-order chi connectivity index (χ1) is 15.3. The molecule has 178 valence electrons. The Balaban J connectivity index is 1.44. The molecule has 0 bridgehead atoms. The maximum Gasteiger partial charge on any atom is 0.318 e. The fourth-order valence-electron chi connectivity index (χ4n) is 5.10. The average molecular weight is 449 g/mol. The van der Waals surface area contributed by atoms with Crippen molar-refractivity contribution in [1.82, 2.24) is 20.9 Å². The smallest absolute Gasteiger partial charge is 0.318 e. The number of urea groups is 1. The summed E-state index contributed by atoms with van der Waals surface area (Å²) in [5.74, 6) is -1.54. The molecule has 0 unspecified atom stereocenters. The van der Waals surface area contributed by atoms with Gasteiger partial charge in [0.25, 0.3) is 5.91 Å². The number of rotatable bonds is 8. The van der Waals surface area contributed by atoms with Gasteiger partial charge in [0.2, 0.25) is 11.7 Å². The van der Waals surface area contributed by atoms with E-state index in [4.69, 9.17) is 4.74 Å². The third-order valence-corrected chi connectivity index (χ3v) is 7.54. The first kappa shape index (κ1) is 23.0. The van der Waals surface area contributed by atoms with Crippen LogP contribution in [0.2, 0.25) is 0 Å². The van der Waals surface area contributed by atoms with Gasteiger partial charge in [0.1, 0.15) is 11.6 Å². The van der Waals surface area contributed by atoms with E-state index in [0.717, 1.165) is 44.9 Å². The molecule has 4 aliphatic rings. The Bertz CT molecular complexity index is 749. The van der Waals surface area contributed by atoms with Crippen LogP contribution in [0, 0.1) is 5.41 Å². The minimum Gasteiger partial charge on any atom is -0.378 e. The highest BCUT2D eigenvalue weighted by Crippen LogP contribution is 2.41. The maximum absolute atomic E-state index is 13.4. The van der Waals surface area contributed by atoms with E-state index in [0.29, 0.717) is 45.6 Å². The van der Waals surface area contributed by atoms with Crippen LogP contribution in [-0.2, 0) is 19.1 Å². The van der Waals surface area contributed by atoms with Gasteiger partial charge in [-0.2, -0.15) is 0 Å². The second-order valence-corrected chi connectivity index (χ2v) is 10.3. The lowest BCUT2D eigenvalue weighted by Gasteiger charge is -2.42. The van der Waals surface area contributed by atoms with Gasteiger partial charge in [-0.3, -0.25) is 14.4 Å². The fourth-order valence-corrected chi connectivity index (χ4v) is 5.10. The highest BCUT2D eigenvalue weighted by atomic mass is 16.5. The molecule has 3 aliphatic carbocycles. The molecule has 4 amide bonds. The van der Waals surface area contributed by atoms with Crippen LogP contribution < -0.4 is 16.0 Å². The van der Waals surface area contributed by atoms with Crippen molar-refractivity contribution in [2.24, 2.45) is 5.41 Å². The standard InChI is InChI=1S/C23H36N4O5/c1-22(7-2-3-8-22)15-17(25-21(31)27-11-13-32-14-12-27)19(29)26-23(9-4-10-23)18(28)20(30)24-16-5-6-16/h16-17H,2-15H2,1H3,(H,24,30)(H,25,31)(H,26,29)/t17-/m0/s1. The number of carbonyl (C=O) groups excluding carboxylic acids is 4. The summed E-state index contributed by atoms with van der Waals surface area (Å²) in [5, 5.41) is 8.57. The van der Waals surface area contributed by atoms with Crippen molar-refractivity contribution < 1.29 is 23.9 Å². The van der Waals surface area contributed by atoms with Gasteiger partial charge in [-0.15, -0.1) is 0 Å². The summed E-state index contributed by atoms with van der Waals surface area (Å²) >= 11 is 0. The summed E-state index contributed by atoms with van der Waals surface area (Å²) < 4.78 is 5.32. The fraction of sp³-hybridized carbons (Fsp3) is 0.826. The topological polar surface area (TPSA) is 117 Å². The van der Waals surface area contributed by atoms with Crippen molar-refractivity contribution in [3.63, 3.8) is 0 Å². The Kier molecular flexibility index (Phi) is 6.74. The van der Waals surface area contributed by atoms with Gasteiger partial charge < -0.3 is 25.6 Å². The van der Waals surface area contributed by atoms with Crippen molar-refractivity contribution in [3.8, 4) is 0 Å². The molecule has 9 heteroatoms. The van der Waals surface area contributed by atoms with Gasteiger partial charge in [-0.25, -0.2) is 4.79 Å². The van der Waals surface area contributed by atoms with Crippen LogP contribution in [0.4, 0.5) is 4.79 Å². The summed E-state index contributed by atoms with van der Waals surface area (Å²) in [7, 11) is 0. The Morgan fingerprint density at radius 3 is 2.22 bits per heavy atom. The summed E-state index contributed by atoms with van der Waals surface area (Å²) in [6, 6.07) is -0.942. The van der Waals surface area contributed by atoms with E-state index in [1.807, 2.05) is 0 Å². The van der Waals surface area contributed by atoms with Crippen LogP contribution >= 0.6 is 0 Å². The monoisotopic (exact) mass is 448 g/mol. The maximum atomic E-state index is 13.4. The van der Waals surface area contributed by atoms with Crippen LogP contribution in [0.1, 0.15) is 71.1 Å². The van der Waals surface area contributed by atoms with E-state index in [1.54, 1.807) is 4.90 Å². The lowest BCUT2D eigenvalue weighted by atomic mass is 9.72. The van der Waals surface area contributed by atoms with Gasteiger partial charge in [0, 0.05) is 19.1 Å². The van der Waals surface area contributed by atoms with Gasteiger partial charge in [0.15, 0.2) is 0 Å². The molecule has 9 nitrogen and oxygen atoms in total. The highest BCUT2D eigenvalue weighted by molar-refractivity contribution is 6.40. The molecule has 1 aliphatic heterocycles. The van der Waals surface area contributed by atoms with Crippen molar-refractivity contribution in [3.05, 3.63) is 0 Å². The Hall–Kier alpha value is -2.16. The second-order valence-electron chi connectivity index (χ2n) is 10.3. The van der Waals surface area contributed by atoms with Crippen LogP contribution in [0.25, 0.3) is 0 Å². The van der Waals surface area contributed by atoms with Crippen LogP contribution in [-0.4, -0.2) is 72.5 Å². The number of nitrogens with zero attached hydrogens (tertiary/aromatic N) is 1. The Morgan fingerprint density at radius 2 is 1.66 bits per heavy atom. The first-order valence-electron chi connectivity index (χ1n) is 12.1. The van der Waals surface area contributed by atoms with Crippen molar-refractivity contribution in [1.29, 1.82) is 0 Å². The summed E-state index contributed by atoms with van der Waals surface area (Å²) in [6.45, 7) is 4.10. The molecule has 3 saturated carbocycles. The largest absolute Gasteiger partial charge is 0.378 e. The molecule has 1 heterocycles. The zero-order valence-electron chi connectivity index (χ0n) is 19.0. The number of Topliss-reactive ketones (excluding diaryl/α,β-unsaturated/α-hetero) is 1. The van der Waals surface area contributed by atoms with E-state index in [2.05, 4.69) is 22.9 Å². The number of hydrogen-bond acceptors (Lipinski definition) is 5. The molecule has 0 aromatic heterocycles. The highest BCUT2D eigenvalue weighted by Gasteiger charge is 2.50. The third kappa shape index (κ3) is 5.24. The quantitative estimate of drug-likeness (QED) is 0.483. The molecule has 0 aromatic rings. The number of nitrogens with one attached hydrogen (secondary N) is 3. The van der Waals surface area contributed by atoms with Crippen LogP contribution in [0.15, 0.2) is 0 Å². The lowest BCUT2D eigenvalue weighted by molar-refractivity contribution is -0.146. The molecule has 32 heavy (non-hydrogen) atoms. The Morgan fingerprint density at radius 1 is 1.00 bits per heavy atom. The van der Waals surface area contributed by atoms with Crippen LogP contribution in [0.3, 0.4) is 0 Å². The molecule has 0 spiro atoms. The molecule has 4 rings (SSSR count). The van der Waals surface area contributed by atoms with Crippen molar-refractivity contribution in [2.75, 3.05) is 26.3 Å². The number of ketones is 1. The summed E-state index contributed by atoms with van der Waals surface area (Å²) in [5.41, 5.74) is -1.17. The van der Waals surface area contributed by atoms with Crippen molar-refractivity contribution in [2.45, 2.75) is 88.8 Å². The number of amides is 4. The van der Waals surface area contributed by atoms with Gasteiger partial charge in [-0.05, 0) is 56.8 Å². The van der Waals surface area contributed by atoms with Gasteiger partial charge in [-0.1, -0.05) is 19.8 Å². The lowest BCUT2D eigenvalue weighted by Crippen LogP contribution is -2.66. The first-order valence-corrected chi connectivity index (χ1v) is 12.1. The molecule has 1 saturated heterocycles. The van der Waals surface area contributed by atoms with Gasteiger partial charge in [0.05, 0.1) is 13.2 Å². The summed E-state index contributed by atoms with van der Waals surface area (Å²) in [4.78, 5) is 53.2. The van der Waals surface area contributed by atoms with Gasteiger partial charge >= 0.3 is 6.03 Å². The molecule has 1 atom stereocenters. The predicted molar refractivity (Wildman–Crippen MR) is 117 cm³/mol. The molecular formula is C23H36N4O5. The average Bonchev–Trinajstić information content (AvgIpc) is 3.47. The number of hydrogen-bond donors (Lipinski definition) is 3. The van der Waals surface area contributed by atoms with E-state index in [1.165, 1.54) is 0 Å². The normalized spacial score (nSPS) is 24.7. The molecule has 0 radical (unpaired) electrons. The van der Waals surface area contributed by atoms with Crippen molar-refractivity contribution >= 4 is 23.6 Å². The third-order valence-electron chi connectivity index (χ3n) is 7.54. The number of carbonyl (C=O) groups is 4. The number of morpholine rings is 1. The van der Waals surface area contributed by atoms with E-state index in [-0.39, 0.29) is 23.4 Å². The van der Waals surface area contributed by atoms with Crippen LogP contribution in [0.5, 0.6) is 0 Å². The van der Waals surface area contributed by atoms with E-state index < -0.39 is 23.3 Å². The number of ether oxygens (including phenoxy) is 1. The zero-order chi connectivity index (χ0) is 22.8. The SMILES string of the molecule is CC1(C[C@H](NC(=O)N2CCOCC2)C(=O)NC2(C(=O)C(=O)NC3CC3)CCC2)CCCC1. The molecular weight excluding hydrogens is 412 g/mol. The van der Waals surface area contributed by atoms with E-state index >= 15 is 0 Å². The van der Waals surface area contributed by atoms with E-state index in [9.17, 15) is 19.2 Å². The predicted octanol–water partition coefficient (Wildman–Crippen LogP) is 1.25. The second kappa shape index (κ2) is 9.37. The zero-order valence-corrected chi connectivity index (χ0v) is 19.0. The minimum absolute atomic E-state index is 0.0274. The summed E-state index contributed by atoms with van der Waals surface area (Å²) in [6.07, 6.45) is 8.26. The molecule has 3 N–H and O–H groups in total. The molecule has 0 aromatic carbocycles. The molecule has 4 fully saturated rings. The Labute approximate surface area is 189 Å².